The number of hydrogen-bond acceptors (Lipinski definition) is 1. The molecule has 0 heterocycles. The van der Waals surface area contributed by atoms with Gasteiger partial charge in [-0.3, -0.25) is 0 Å². The fourth-order valence-corrected chi connectivity index (χ4v) is 1.41. The molecule has 1 N–H and O–H groups in total. The van der Waals surface area contributed by atoms with Crippen LogP contribution in [0.3, 0.4) is 0 Å². The number of carboxylic acid groups (broad SMARTS) is 1. The van der Waals surface area contributed by atoms with Crippen LogP contribution in [0.1, 0.15) is 10.9 Å². The normalized spacial score (nSPS) is 12.1. The molecule has 0 aliphatic heterocycles. The van der Waals surface area contributed by atoms with Gasteiger partial charge in [-0.1, -0.05) is 0 Å². The summed E-state index contributed by atoms with van der Waals surface area (Å²) in [6.07, 6.45) is 0. The minimum absolute atomic E-state index is 0.118. The zero-order valence-electron chi connectivity index (χ0n) is 6.61. The molecule has 0 aliphatic rings. The molecule has 13 heavy (non-hydrogen) atoms. The molecule has 0 spiro atoms. The van der Waals surface area contributed by atoms with Crippen LogP contribution in [-0.4, -0.2) is 31.1 Å². The van der Waals surface area contributed by atoms with Crippen LogP contribution in [0.2, 0.25) is 0 Å². The summed E-state index contributed by atoms with van der Waals surface area (Å²) in [5, 5.41) is 8.06. The molecular weight excluding hydrogens is 255 g/mol. The quantitative estimate of drug-likeness (QED) is 0.659. The van der Waals surface area contributed by atoms with Crippen LogP contribution in [0.15, 0.2) is 30.3 Å². The fourth-order valence-electron chi connectivity index (χ4n) is 0.882. The van der Waals surface area contributed by atoms with E-state index in [1.807, 2.05) is 18.2 Å². The Labute approximate surface area is 88.9 Å². The molecule has 0 saturated carbocycles. The van der Waals surface area contributed by atoms with Crippen molar-refractivity contribution in [3.8, 4) is 0 Å². The van der Waals surface area contributed by atoms with Crippen LogP contribution in [-0.2, 0) is 4.79 Å². The molecule has 1 aromatic carbocycles. The number of halogens is 1. The van der Waals surface area contributed by atoms with Gasteiger partial charge in [0.1, 0.15) is 0 Å². The minimum atomic E-state index is -1.01. The molecule has 0 fully saturated rings. The maximum atomic E-state index is 10.6. The van der Waals surface area contributed by atoms with Crippen LogP contribution in [0.5, 0.6) is 0 Å². The Balaban J connectivity index is 2.86. The van der Waals surface area contributed by atoms with E-state index in [2.05, 4.69) is 15.6 Å². The molecule has 4 heteroatoms. The van der Waals surface area contributed by atoms with Crippen molar-refractivity contribution in [1.29, 1.82) is 0 Å². The van der Waals surface area contributed by atoms with Gasteiger partial charge in [0.05, 0.1) is 0 Å². The van der Waals surface area contributed by atoms with Crippen LogP contribution < -0.4 is 0 Å². The van der Waals surface area contributed by atoms with E-state index in [0.717, 1.165) is 5.56 Å². The zero-order valence-corrected chi connectivity index (χ0v) is 9.07. The average Bonchev–Trinajstić information content (AvgIpc) is 2.17. The van der Waals surface area contributed by atoms with E-state index in [1.165, 1.54) is 0 Å². The first-order chi connectivity index (χ1) is 6.13. The van der Waals surface area contributed by atoms with Crippen LogP contribution in [0.4, 0.5) is 0 Å². The van der Waals surface area contributed by atoms with E-state index < -0.39 is 11.3 Å². The zero-order chi connectivity index (χ0) is 9.84. The summed E-state index contributed by atoms with van der Waals surface area (Å²) in [4.78, 5) is 10.6. The van der Waals surface area contributed by atoms with E-state index in [-0.39, 0.29) is 4.42 Å². The number of aliphatic carboxylic acids is 1. The Morgan fingerprint density at radius 3 is 2.38 bits per heavy atom. The molecule has 0 aromatic heterocycles. The summed E-state index contributed by atoms with van der Waals surface area (Å²) in [6.45, 7) is 0. The van der Waals surface area contributed by atoms with E-state index in [1.54, 1.807) is 12.1 Å². The molecule has 2 nitrogen and oxygen atoms in total. The van der Waals surface area contributed by atoms with Crippen molar-refractivity contribution < 1.29 is 9.90 Å². The van der Waals surface area contributed by atoms with Crippen LogP contribution in [0, 0.1) is 0 Å². The van der Waals surface area contributed by atoms with E-state index in [0.29, 0.717) is 0 Å². The number of alkyl halides is 1. The predicted molar refractivity (Wildman–Crippen MR) is 53.4 cm³/mol. The SMILES string of the molecule is O=C(O)C(=[Se])C(Cl)c1ccccc1. The molecule has 0 saturated heterocycles. The van der Waals surface area contributed by atoms with Gasteiger partial charge in [0.25, 0.3) is 0 Å². The summed E-state index contributed by atoms with van der Waals surface area (Å²) in [5.74, 6) is -1.01. The van der Waals surface area contributed by atoms with Crippen molar-refractivity contribution in [2.45, 2.75) is 5.38 Å². The molecule has 1 unspecified atom stereocenters. The van der Waals surface area contributed by atoms with Gasteiger partial charge in [-0.25, -0.2) is 0 Å². The van der Waals surface area contributed by atoms with Gasteiger partial charge in [-0.05, 0) is 0 Å². The summed E-state index contributed by atoms with van der Waals surface area (Å²) in [6, 6.07) is 9.07. The Morgan fingerprint density at radius 1 is 1.38 bits per heavy atom. The van der Waals surface area contributed by atoms with Crippen molar-refractivity contribution in [3.05, 3.63) is 35.9 Å². The molecule has 0 bridgehead atoms. The second kappa shape index (κ2) is 4.56. The maximum absolute atomic E-state index is 10.6. The average molecular weight is 262 g/mol. The van der Waals surface area contributed by atoms with Gasteiger partial charge in [0.15, 0.2) is 0 Å². The molecule has 0 amide bonds. The second-order valence-electron chi connectivity index (χ2n) is 2.44. The van der Waals surface area contributed by atoms with E-state index in [9.17, 15) is 4.79 Å². The summed E-state index contributed by atoms with van der Waals surface area (Å²) in [5.41, 5.74) is 0.778. The van der Waals surface area contributed by atoms with Gasteiger partial charge >= 0.3 is 88.7 Å². The molecular formula is C9H7ClO2Se. The van der Waals surface area contributed by atoms with Crippen LogP contribution >= 0.6 is 11.6 Å². The Bertz CT molecular complexity index is 324. The van der Waals surface area contributed by atoms with E-state index in [4.69, 9.17) is 16.7 Å². The van der Waals surface area contributed by atoms with Gasteiger partial charge in [0, 0.05) is 0 Å². The summed E-state index contributed by atoms with van der Waals surface area (Å²) >= 11 is 8.36. The van der Waals surface area contributed by atoms with Crippen molar-refractivity contribution in [2.24, 2.45) is 0 Å². The second-order valence-corrected chi connectivity index (χ2v) is 3.80. The molecule has 1 rings (SSSR count). The third kappa shape index (κ3) is 2.66. The number of carboxylic acids is 1. The standard InChI is InChI=1S/C9H7ClO2Se/c10-7(8(13)9(11)12)6-4-2-1-3-5-6/h1-5,7H,(H,11,12). The Morgan fingerprint density at radius 2 is 1.92 bits per heavy atom. The summed E-state index contributed by atoms with van der Waals surface area (Å²) in [7, 11) is 0. The number of benzene rings is 1. The van der Waals surface area contributed by atoms with Gasteiger partial charge in [-0.15, -0.1) is 0 Å². The molecule has 68 valence electrons. The number of rotatable bonds is 3. The van der Waals surface area contributed by atoms with Crippen LogP contribution in [0.25, 0.3) is 0 Å². The molecule has 1 aromatic rings. The first kappa shape index (κ1) is 10.5. The third-order valence-corrected chi connectivity index (χ3v) is 3.16. The van der Waals surface area contributed by atoms with Gasteiger partial charge in [0.2, 0.25) is 0 Å². The Kier molecular flexibility index (Phi) is 3.67. The number of hydrogen-bond donors (Lipinski definition) is 1. The Hall–Kier alpha value is -0.631. The molecule has 0 aliphatic carbocycles. The fraction of sp³-hybridized carbons (Fsp3) is 0.111. The topological polar surface area (TPSA) is 37.3 Å². The monoisotopic (exact) mass is 262 g/mol. The predicted octanol–water partition coefficient (Wildman–Crippen LogP) is 1.39. The number of carbonyl (C=O) groups is 1. The van der Waals surface area contributed by atoms with Crippen molar-refractivity contribution in [1.82, 2.24) is 0 Å². The van der Waals surface area contributed by atoms with Gasteiger partial charge in [-0.2, -0.15) is 0 Å². The first-order valence-electron chi connectivity index (χ1n) is 3.59. The molecule has 0 radical (unpaired) electrons. The van der Waals surface area contributed by atoms with Crippen molar-refractivity contribution in [2.75, 3.05) is 0 Å². The molecule has 1 atom stereocenters. The summed E-state index contributed by atoms with van der Waals surface area (Å²) < 4.78 is 0.118. The van der Waals surface area contributed by atoms with Gasteiger partial charge < -0.3 is 0 Å². The van der Waals surface area contributed by atoms with E-state index >= 15 is 0 Å². The first-order valence-corrected chi connectivity index (χ1v) is 4.88. The van der Waals surface area contributed by atoms with Crippen molar-refractivity contribution >= 4 is 37.6 Å². The van der Waals surface area contributed by atoms with Crippen molar-refractivity contribution in [3.63, 3.8) is 0 Å². The third-order valence-electron chi connectivity index (χ3n) is 1.53.